The SMILES string of the molecule is CCNCc1cncc(-c2ccc3[nH]nc(-c4ncc(C(=O)N(C)CCN(C)C)[nH]4)c3c2)c1C. The quantitative estimate of drug-likeness (QED) is 0.355. The standard InChI is InChI=1S/C25H32N8O/c1-6-26-12-18-13-27-14-20(16(18)2)17-7-8-21-19(11-17)23(31-30-21)24-28-15-22(29-24)25(34)33(5)10-9-32(3)4/h7-8,11,13-15,26H,6,9-10,12H2,1-5H3,(H,28,29)(H,30,31). The minimum Gasteiger partial charge on any atom is -0.339 e. The fourth-order valence-electron chi connectivity index (χ4n) is 3.87. The molecule has 3 N–H and O–H groups in total. The maximum atomic E-state index is 12.8. The molecule has 4 aromatic rings. The number of carbonyl (C=O) groups is 1. The number of pyridine rings is 1. The highest BCUT2D eigenvalue weighted by Gasteiger charge is 2.18. The fourth-order valence-corrected chi connectivity index (χ4v) is 3.87. The molecule has 0 unspecified atom stereocenters. The third-order valence-electron chi connectivity index (χ3n) is 6.02. The molecule has 0 radical (unpaired) electrons. The van der Waals surface area contributed by atoms with Gasteiger partial charge in [0.25, 0.3) is 5.91 Å². The summed E-state index contributed by atoms with van der Waals surface area (Å²) in [5, 5.41) is 11.9. The van der Waals surface area contributed by atoms with Crippen LogP contribution < -0.4 is 5.32 Å². The predicted octanol–water partition coefficient (Wildman–Crippen LogP) is 3.07. The van der Waals surface area contributed by atoms with E-state index in [-0.39, 0.29) is 5.91 Å². The monoisotopic (exact) mass is 460 g/mol. The number of aromatic nitrogens is 5. The van der Waals surface area contributed by atoms with E-state index < -0.39 is 0 Å². The number of nitrogens with one attached hydrogen (secondary N) is 3. The number of H-pyrrole nitrogens is 2. The van der Waals surface area contributed by atoms with Crippen molar-refractivity contribution in [3.05, 3.63) is 53.6 Å². The summed E-state index contributed by atoms with van der Waals surface area (Å²) < 4.78 is 0. The zero-order valence-electron chi connectivity index (χ0n) is 20.4. The van der Waals surface area contributed by atoms with Gasteiger partial charge in [-0.05, 0) is 56.4 Å². The number of amides is 1. The van der Waals surface area contributed by atoms with E-state index in [0.717, 1.165) is 41.7 Å². The molecule has 0 aliphatic carbocycles. The molecule has 0 saturated heterocycles. The lowest BCUT2D eigenvalue weighted by Crippen LogP contribution is -2.33. The van der Waals surface area contributed by atoms with Crippen LogP contribution in [-0.4, -0.2) is 81.6 Å². The van der Waals surface area contributed by atoms with Gasteiger partial charge in [0.2, 0.25) is 0 Å². The molecule has 0 spiro atoms. The van der Waals surface area contributed by atoms with Crippen LogP contribution in [0.4, 0.5) is 0 Å². The molecule has 3 aromatic heterocycles. The largest absolute Gasteiger partial charge is 0.339 e. The van der Waals surface area contributed by atoms with Crippen molar-refractivity contribution < 1.29 is 4.79 Å². The lowest BCUT2D eigenvalue weighted by molar-refractivity contribution is 0.0781. The Kier molecular flexibility index (Phi) is 7.04. The maximum Gasteiger partial charge on any atom is 0.271 e. The van der Waals surface area contributed by atoms with Crippen molar-refractivity contribution >= 4 is 16.8 Å². The van der Waals surface area contributed by atoms with E-state index in [1.165, 1.54) is 11.1 Å². The van der Waals surface area contributed by atoms with Crippen molar-refractivity contribution in [1.29, 1.82) is 0 Å². The zero-order valence-corrected chi connectivity index (χ0v) is 20.4. The molecular formula is C25H32N8O. The van der Waals surface area contributed by atoms with Gasteiger partial charge in [0.05, 0.1) is 11.7 Å². The summed E-state index contributed by atoms with van der Waals surface area (Å²) in [5.74, 6) is 0.462. The Balaban J connectivity index is 1.64. The van der Waals surface area contributed by atoms with Crippen LogP contribution in [0.5, 0.6) is 0 Å². The topological polar surface area (TPSA) is 106 Å². The molecule has 34 heavy (non-hydrogen) atoms. The molecule has 0 atom stereocenters. The predicted molar refractivity (Wildman–Crippen MR) is 135 cm³/mol. The minimum atomic E-state index is -0.0969. The van der Waals surface area contributed by atoms with Gasteiger partial charge in [-0.2, -0.15) is 5.10 Å². The molecule has 178 valence electrons. The fraction of sp³-hybridized carbons (Fsp3) is 0.360. The van der Waals surface area contributed by atoms with Gasteiger partial charge in [-0.3, -0.25) is 14.9 Å². The first-order valence-corrected chi connectivity index (χ1v) is 11.5. The Morgan fingerprint density at radius 3 is 2.71 bits per heavy atom. The van der Waals surface area contributed by atoms with Crippen LogP contribution in [0, 0.1) is 6.92 Å². The highest BCUT2D eigenvalue weighted by molar-refractivity contribution is 5.96. The Morgan fingerprint density at radius 1 is 1.12 bits per heavy atom. The molecule has 4 rings (SSSR count). The van der Waals surface area contributed by atoms with E-state index in [4.69, 9.17) is 0 Å². The van der Waals surface area contributed by atoms with E-state index in [1.807, 2.05) is 37.5 Å². The van der Waals surface area contributed by atoms with Crippen molar-refractivity contribution in [2.24, 2.45) is 0 Å². The van der Waals surface area contributed by atoms with Crippen LogP contribution in [-0.2, 0) is 6.54 Å². The Hall–Kier alpha value is -3.56. The highest BCUT2D eigenvalue weighted by atomic mass is 16.2. The van der Waals surface area contributed by atoms with Gasteiger partial charge < -0.3 is 20.1 Å². The number of rotatable bonds is 9. The smallest absolute Gasteiger partial charge is 0.271 e. The molecular weight excluding hydrogens is 428 g/mol. The van der Waals surface area contributed by atoms with Gasteiger partial charge in [-0.15, -0.1) is 0 Å². The minimum absolute atomic E-state index is 0.0969. The molecule has 9 nitrogen and oxygen atoms in total. The Morgan fingerprint density at radius 2 is 1.94 bits per heavy atom. The van der Waals surface area contributed by atoms with Gasteiger partial charge in [0, 0.05) is 50.0 Å². The summed E-state index contributed by atoms with van der Waals surface area (Å²) >= 11 is 0. The van der Waals surface area contributed by atoms with Crippen molar-refractivity contribution in [3.63, 3.8) is 0 Å². The second-order valence-electron chi connectivity index (χ2n) is 8.76. The van der Waals surface area contributed by atoms with Gasteiger partial charge in [-0.1, -0.05) is 13.0 Å². The van der Waals surface area contributed by atoms with Crippen molar-refractivity contribution in [1.82, 2.24) is 40.3 Å². The molecule has 0 aliphatic rings. The second-order valence-corrected chi connectivity index (χ2v) is 8.76. The number of hydrogen-bond donors (Lipinski definition) is 3. The summed E-state index contributed by atoms with van der Waals surface area (Å²) in [4.78, 5) is 28.6. The van der Waals surface area contributed by atoms with E-state index in [0.29, 0.717) is 23.8 Å². The highest BCUT2D eigenvalue weighted by Crippen LogP contribution is 2.31. The van der Waals surface area contributed by atoms with Crippen molar-refractivity contribution in [3.8, 4) is 22.6 Å². The number of carbonyl (C=O) groups excluding carboxylic acids is 1. The molecule has 0 bridgehead atoms. The number of imidazole rings is 1. The molecule has 1 amide bonds. The van der Waals surface area contributed by atoms with E-state index in [9.17, 15) is 4.79 Å². The van der Waals surface area contributed by atoms with Gasteiger partial charge in [-0.25, -0.2) is 4.98 Å². The number of hydrogen-bond acceptors (Lipinski definition) is 6. The summed E-state index contributed by atoms with van der Waals surface area (Å²) in [5.41, 5.74) is 6.56. The van der Waals surface area contributed by atoms with Crippen LogP contribution in [0.2, 0.25) is 0 Å². The lowest BCUT2D eigenvalue weighted by atomic mass is 9.98. The summed E-state index contributed by atoms with van der Waals surface area (Å²) in [6, 6.07) is 6.19. The van der Waals surface area contributed by atoms with Crippen LogP contribution in [0.1, 0.15) is 28.5 Å². The van der Waals surface area contributed by atoms with E-state index in [1.54, 1.807) is 18.1 Å². The molecule has 0 fully saturated rings. The van der Waals surface area contributed by atoms with Gasteiger partial charge >= 0.3 is 0 Å². The van der Waals surface area contributed by atoms with Crippen LogP contribution in [0.15, 0.2) is 36.8 Å². The van der Waals surface area contributed by atoms with Gasteiger partial charge in [0.1, 0.15) is 11.4 Å². The normalized spacial score (nSPS) is 11.5. The summed E-state index contributed by atoms with van der Waals surface area (Å²) in [6.07, 6.45) is 5.39. The average molecular weight is 461 g/mol. The third kappa shape index (κ3) is 4.85. The van der Waals surface area contributed by atoms with Gasteiger partial charge in [0.15, 0.2) is 5.82 Å². The Bertz CT molecular complexity index is 1290. The number of benzene rings is 1. The molecule has 0 saturated carbocycles. The number of aromatic amines is 2. The molecule has 0 aliphatic heterocycles. The van der Waals surface area contributed by atoms with Crippen LogP contribution >= 0.6 is 0 Å². The maximum absolute atomic E-state index is 12.8. The first kappa shape index (κ1) is 23.6. The van der Waals surface area contributed by atoms with E-state index in [2.05, 4.69) is 56.4 Å². The summed E-state index contributed by atoms with van der Waals surface area (Å²) in [7, 11) is 5.77. The lowest BCUT2D eigenvalue weighted by Gasteiger charge is -2.18. The van der Waals surface area contributed by atoms with E-state index >= 15 is 0 Å². The number of nitrogens with zero attached hydrogens (tertiary/aromatic N) is 5. The molecule has 3 heterocycles. The number of fused-ring (bicyclic) bond motifs is 1. The zero-order chi connectivity index (χ0) is 24.2. The van der Waals surface area contributed by atoms with Crippen LogP contribution in [0.3, 0.4) is 0 Å². The number of likely N-dealkylation sites (N-methyl/N-ethyl adjacent to an activating group) is 2. The third-order valence-corrected chi connectivity index (χ3v) is 6.02. The molecule has 1 aromatic carbocycles. The first-order valence-electron chi connectivity index (χ1n) is 11.5. The second kappa shape index (κ2) is 10.1. The molecule has 9 heteroatoms. The van der Waals surface area contributed by atoms with Crippen LogP contribution in [0.25, 0.3) is 33.5 Å². The summed E-state index contributed by atoms with van der Waals surface area (Å²) in [6.45, 7) is 7.34. The van der Waals surface area contributed by atoms with Crippen molar-refractivity contribution in [2.75, 3.05) is 40.8 Å². The Labute approximate surface area is 199 Å². The average Bonchev–Trinajstić information content (AvgIpc) is 3.48. The van der Waals surface area contributed by atoms with Crippen molar-refractivity contribution in [2.45, 2.75) is 20.4 Å². The first-order chi connectivity index (χ1) is 16.4.